The summed E-state index contributed by atoms with van der Waals surface area (Å²) >= 11 is 0. The van der Waals surface area contributed by atoms with Crippen LogP contribution in [0.4, 0.5) is 0 Å². The number of guanidine groups is 1. The van der Waals surface area contributed by atoms with E-state index >= 15 is 0 Å². The number of nitrogens with zero attached hydrogens (tertiary/aromatic N) is 8. The second kappa shape index (κ2) is 28.7. The third kappa shape index (κ3) is 17.9. The first kappa shape index (κ1) is 60.8. The lowest BCUT2D eigenvalue weighted by Gasteiger charge is -2.40. The van der Waals surface area contributed by atoms with Gasteiger partial charge in [-0.15, -0.1) is 5.10 Å². The largest absolute Gasteiger partial charge is 0.481 e. The van der Waals surface area contributed by atoms with Crippen molar-refractivity contribution in [2.24, 2.45) is 34.6 Å². The number of aliphatic carboxylic acids is 1. The van der Waals surface area contributed by atoms with E-state index < -0.39 is 81.6 Å². The number of benzene rings is 1. The zero-order chi connectivity index (χ0) is 54.0. The molecule has 72 heavy (non-hydrogen) atoms. The second-order valence-electron chi connectivity index (χ2n) is 19.9. The number of methoxy groups -OCH3 is 2. The fourth-order valence-corrected chi connectivity index (χ4v) is 10.4. The van der Waals surface area contributed by atoms with E-state index in [9.17, 15) is 37.2 Å². The molecule has 0 radical (unpaired) electrons. The number of aromatic nitrogens is 3. The summed E-state index contributed by atoms with van der Waals surface area (Å²) < 4.78 is 42.3. The van der Waals surface area contributed by atoms with Crippen LogP contribution in [0.15, 0.2) is 41.5 Å². The van der Waals surface area contributed by atoms with Crippen LogP contribution in [-0.2, 0) is 67.8 Å². The standard InChI is InChI=1S/C50H82N10O11S/c1-14-33(4)45(58(11)49(67)44(32(2)3)52-50(56(7)8)57(9)10)41(70-12)29-42(62)60-24-18-22-39(60)46(71-13)35(6)40(61)28-37(27-36-20-16-15-17-21-36)48(66)54-72(68,69)25-19-23-59-31-38(53-55-59)30-51-47(65)34(5)26-43(63)64/h15-17,20-21,31-35,37,39,41,44-46H,14,18-19,22-30H2,1-13H3,(H,51,65)(H,54,66)(H,63,64)/t33-,34?,35-,37+,39-,41+,44-,45-,46+/m0/s1. The molecular weight excluding hydrogens is 949 g/mol. The summed E-state index contributed by atoms with van der Waals surface area (Å²) in [5, 5.41) is 19.5. The van der Waals surface area contributed by atoms with Gasteiger partial charge in [-0.25, -0.2) is 13.4 Å². The number of nitrogens with one attached hydrogen (secondary N) is 2. The highest BCUT2D eigenvalue weighted by molar-refractivity contribution is 7.90. The summed E-state index contributed by atoms with van der Waals surface area (Å²) in [6.07, 6.45) is 1.56. The Morgan fingerprint density at radius 3 is 2.14 bits per heavy atom. The molecule has 3 rings (SSSR count). The lowest BCUT2D eigenvalue weighted by atomic mass is 9.85. The molecule has 1 unspecified atom stereocenters. The molecule has 2 heterocycles. The van der Waals surface area contributed by atoms with Crippen molar-refractivity contribution in [2.45, 2.75) is 136 Å². The van der Waals surface area contributed by atoms with E-state index in [1.165, 1.54) is 24.9 Å². The molecule has 404 valence electrons. The molecule has 2 aromatic rings. The molecule has 1 aliphatic heterocycles. The number of sulfonamides is 1. The second-order valence-corrected chi connectivity index (χ2v) is 21.7. The minimum absolute atomic E-state index is 0.00166. The molecule has 21 nitrogen and oxygen atoms in total. The number of carbonyl (C=O) groups is 6. The van der Waals surface area contributed by atoms with Gasteiger partial charge in [0.1, 0.15) is 17.5 Å². The molecular formula is C50H82N10O11S. The van der Waals surface area contributed by atoms with Gasteiger partial charge in [-0.2, -0.15) is 0 Å². The molecule has 1 saturated heterocycles. The van der Waals surface area contributed by atoms with Crippen LogP contribution in [0, 0.1) is 29.6 Å². The summed E-state index contributed by atoms with van der Waals surface area (Å²) in [4.78, 5) is 92.2. The molecule has 0 aliphatic carbocycles. The number of ketones is 1. The van der Waals surface area contributed by atoms with Gasteiger partial charge in [-0.1, -0.05) is 83.5 Å². The van der Waals surface area contributed by atoms with Crippen LogP contribution in [0.3, 0.4) is 0 Å². The molecule has 1 aromatic carbocycles. The number of ether oxygens (including phenoxy) is 2. The van der Waals surface area contributed by atoms with Crippen LogP contribution in [0.25, 0.3) is 0 Å². The summed E-state index contributed by atoms with van der Waals surface area (Å²) in [5.74, 6) is -5.63. The molecule has 0 spiro atoms. The third-order valence-electron chi connectivity index (χ3n) is 13.4. The van der Waals surface area contributed by atoms with Gasteiger partial charge in [0.25, 0.3) is 0 Å². The molecule has 4 amide bonds. The van der Waals surface area contributed by atoms with Crippen LogP contribution in [0.2, 0.25) is 0 Å². The Labute approximate surface area is 426 Å². The fraction of sp³-hybridized carbons (Fsp3) is 0.700. The van der Waals surface area contributed by atoms with Gasteiger partial charge in [-0.3, -0.25) is 38.2 Å². The van der Waals surface area contributed by atoms with Crippen molar-refractivity contribution < 1.29 is 51.8 Å². The van der Waals surface area contributed by atoms with Crippen molar-refractivity contribution in [3.05, 3.63) is 47.8 Å². The van der Waals surface area contributed by atoms with Crippen LogP contribution >= 0.6 is 0 Å². The number of carboxylic acid groups (broad SMARTS) is 1. The summed E-state index contributed by atoms with van der Waals surface area (Å²) in [6, 6.07) is 7.36. The number of rotatable bonds is 29. The summed E-state index contributed by atoms with van der Waals surface area (Å²) in [7, 11) is 8.12. The molecule has 0 bridgehead atoms. The van der Waals surface area contributed by atoms with Crippen LogP contribution in [0.5, 0.6) is 0 Å². The van der Waals surface area contributed by atoms with Gasteiger partial charge in [0, 0.05) is 86.7 Å². The Morgan fingerprint density at radius 2 is 1.57 bits per heavy atom. The van der Waals surface area contributed by atoms with Crippen molar-refractivity contribution >= 4 is 51.4 Å². The summed E-state index contributed by atoms with van der Waals surface area (Å²) in [6.45, 7) is 11.7. The number of amides is 4. The van der Waals surface area contributed by atoms with Crippen molar-refractivity contribution in [3.8, 4) is 0 Å². The first-order chi connectivity index (χ1) is 33.8. The van der Waals surface area contributed by atoms with Gasteiger partial charge >= 0.3 is 5.97 Å². The molecule has 1 fully saturated rings. The van der Waals surface area contributed by atoms with Gasteiger partial charge < -0.3 is 39.5 Å². The Bertz CT molecular complexity index is 2230. The van der Waals surface area contributed by atoms with Crippen molar-refractivity contribution in [1.29, 1.82) is 0 Å². The first-order valence-electron chi connectivity index (χ1n) is 24.9. The average molecular weight is 1030 g/mol. The number of aliphatic imine (C=N–C) groups is 1. The topological polar surface area (TPSA) is 255 Å². The number of hydrogen-bond acceptors (Lipinski definition) is 13. The minimum atomic E-state index is -4.17. The monoisotopic (exact) mass is 1030 g/mol. The average Bonchev–Trinajstić information content (AvgIpc) is 4.00. The smallest absolute Gasteiger partial charge is 0.304 e. The molecule has 1 aliphatic rings. The van der Waals surface area contributed by atoms with Crippen LogP contribution < -0.4 is 10.0 Å². The Kier molecular flexibility index (Phi) is 24.2. The van der Waals surface area contributed by atoms with E-state index in [0.29, 0.717) is 31.0 Å². The first-order valence-corrected chi connectivity index (χ1v) is 26.5. The number of carboxylic acids is 1. The maximum atomic E-state index is 14.5. The van der Waals surface area contributed by atoms with Crippen molar-refractivity contribution in [3.63, 3.8) is 0 Å². The van der Waals surface area contributed by atoms with Gasteiger partial charge in [0.05, 0.1) is 55.6 Å². The van der Waals surface area contributed by atoms with Gasteiger partial charge in [0.15, 0.2) is 5.96 Å². The predicted octanol–water partition coefficient (Wildman–Crippen LogP) is 3.08. The quantitative estimate of drug-likeness (QED) is 0.0782. The van der Waals surface area contributed by atoms with E-state index in [1.807, 2.05) is 71.8 Å². The van der Waals surface area contributed by atoms with Crippen molar-refractivity contribution in [2.75, 3.05) is 61.8 Å². The molecule has 1 aromatic heterocycles. The highest BCUT2D eigenvalue weighted by atomic mass is 32.2. The maximum Gasteiger partial charge on any atom is 0.304 e. The molecule has 9 atom stereocenters. The van der Waals surface area contributed by atoms with Crippen molar-refractivity contribution in [1.82, 2.24) is 44.6 Å². The number of likely N-dealkylation sites (tertiary alicyclic amines) is 1. The van der Waals surface area contributed by atoms with E-state index in [4.69, 9.17) is 19.6 Å². The van der Waals surface area contributed by atoms with E-state index in [0.717, 1.165) is 12.0 Å². The zero-order valence-corrected chi connectivity index (χ0v) is 45.6. The number of carbonyl (C=O) groups excluding carboxylic acids is 5. The minimum Gasteiger partial charge on any atom is -0.481 e. The molecule has 22 heteroatoms. The molecule has 0 saturated carbocycles. The Balaban J connectivity index is 1.75. The van der Waals surface area contributed by atoms with Gasteiger partial charge in [0.2, 0.25) is 33.7 Å². The van der Waals surface area contributed by atoms with E-state index in [-0.39, 0.29) is 74.6 Å². The number of Topliss-reactive ketones (excluding diaryl/α,β-unsaturated/α-hetero) is 1. The predicted molar refractivity (Wildman–Crippen MR) is 273 cm³/mol. The lowest BCUT2D eigenvalue weighted by molar-refractivity contribution is -0.146. The normalized spacial score (nSPS) is 17.1. The number of likely N-dealkylation sites (N-methyl/N-ethyl adjacent to an activating group) is 1. The third-order valence-corrected chi connectivity index (χ3v) is 14.8. The summed E-state index contributed by atoms with van der Waals surface area (Å²) in [5.41, 5.74) is 1.12. The number of aryl methyl sites for hydroxylation is 1. The highest BCUT2D eigenvalue weighted by Gasteiger charge is 2.43. The molecule has 3 N–H and O–H groups in total. The zero-order valence-electron chi connectivity index (χ0n) is 44.7. The van der Waals surface area contributed by atoms with Crippen LogP contribution in [0.1, 0.15) is 97.7 Å². The number of hydrogen-bond donors (Lipinski definition) is 3. The fourth-order valence-electron chi connectivity index (χ4n) is 9.32. The highest BCUT2D eigenvalue weighted by Crippen LogP contribution is 2.31. The maximum absolute atomic E-state index is 14.5. The Morgan fingerprint density at radius 1 is 0.917 bits per heavy atom. The lowest BCUT2D eigenvalue weighted by Crippen LogP contribution is -2.55. The van der Waals surface area contributed by atoms with E-state index in [2.05, 4.69) is 20.4 Å². The van der Waals surface area contributed by atoms with E-state index in [1.54, 1.807) is 55.1 Å². The van der Waals surface area contributed by atoms with Crippen LogP contribution in [-0.4, -0.2) is 182 Å². The Hall–Kier alpha value is -5.48. The van der Waals surface area contributed by atoms with Gasteiger partial charge in [-0.05, 0) is 43.1 Å². The SMILES string of the molecule is CC[C@H](C)[C@@H]([C@@H](CC(=O)N1CCC[C@H]1[C@H](OC)[C@@H](C)C(=O)C[C@@H](Cc1ccccc1)C(=O)NS(=O)(=O)CCCn1cc(CNC(=O)C(C)CC(=O)O)nn1)OC)N(C)C(=O)[C@@H](N=C(N(C)C)N(C)C)C(C)C.